The van der Waals surface area contributed by atoms with Gasteiger partial charge < -0.3 is 10.2 Å². The highest BCUT2D eigenvalue weighted by molar-refractivity contribution is 5.59. The minimum atomic E-state index is 0.732. The molecule has 0 spiro atoms. The molecule has 1 N–H and O–H groups in total. The highest BCUT2D eigenvalue weighted by Crippen LogP contribution is 2.31. The number of hydrogen-bond donors (Lipinski definition) is 1. The van der Waals surface area contributed by atoms with Crippen LogP contribution in [-0.4, -0.2) is 13.1 Å². The Morgan fingerprint density at radius 2 is 2.05 bits per heavy atom. The lowest BCUT2D eigenvalue weighted by Gasteiger charge is -2.35. The van der Waals surface area contributed by atoms with E-state index in [0.717, 1.165) is 32.0 Å². The predicted molar refractivity (Wildman–Crippen MR) is 89.0 cm³/mol. The SMILES string of the molecule is CC1Cc2ccccc2N(Cc2ccc3c(c2)CCN3)C1. The van der Waals surface area contributed by atoms with Crippen LogP contribution in [0, 0.1) is 5.92 Å². The Morgan fingerprint density at radius 1 is 1.14 bits per heavy atom. The first-order valence-corrected chi connectivity index (χ1v) is 7.98. The molecule has 1 unspecified atom stereocenters. The molecule has 2 aromatic rings. The Hall–Kier alpha value is -1.96. The van der Waals surface area contributed by atoms with Crippen molar-refractivity contribution in [1.29, 1.82) is 0 Å². The molecule has 2 aliphatic rings. The molecule has 0 aromatic heterocycles. The van der Waals surface area contributed by atoms with Gasteiger partial charge in [-0.15, -0.1) is 0 Å². The number of anilines is 2. The number of nitrogens with zero attached hydrogens (tertiary/aromatic N) is 1. The third-order valence-corrected chi connectivity index (χ3v) is 4.69. The molecule has 0 saturated carbocycles. The van der Waals surface area contributed by atoms with Crippen LogP contribution in [0.15, 0.2) is 42.5 Å². The lowest BCUT2D eigenvalue weighted by Crippen LogP contribution is -2.33. The Bertz CT molecular complexity index is 662. The molecule has 2 aliphatic heterocycles. The second-order valence-electron chi connectivity index (χ2n) is 6.49. The molecule has 0 saturated heterocycles. The maximum atomic E-state index is 3.44. The summed E-state index contributed by atoms with van der Waals surface area (Å²) in [7, 11) is 0. The van der Waals surface area contributed by atoms with Gasteiger partial charge in [0.1, 0.15) is 0 Å². The average Bonchev–Trinajstić information content (AvgIpc) is 2.94. The molecule has 108 valence electrons. The monoisotopic (exact) mass is 278 g/mol. The smallest absolute Gasteiger partial charge is 0.0429 e. The summed E-state index contributed by atoms with van der Waals surface area (Å²) in [6.45, 7) is 5.62. The zero-order valence-electron chi connectivity index (χ0n) is 12.6. The molecule has 0 aliphatic carbocycles. The highest BCUT2D eigenvalue weighted by Gasteiger charge is 2.21. The fourth-order valence-corrected chi connectivity index (χ4v) is 3.73. The summed E-state index contributed by atoms with van der Waals surface area (Å²) in [4.78, 5) is 2.55. The maximum Gasteiger partial charge on any atom is 0.0429 e. The summed E-state index contributed by atoms with van der Waals surface area (Å²) in [5.41, 5.74) is 7.16. The van der Waals surface area contributed by atoms with Crippen molar-refractivity contribution in [3.8, 4) is 0 Å². The summed E-state index contributed by atoms with van der Waals surface area (Å²) >= 11 is 0. The van der Waals surface area contributed by atoms with Crippen molar-refractivity contribution >= 4 is 11.4 Å². The van der Waals surface area contributed by atoms with Crippen LogP contribution >= 0.6 is 0 Å². The standard InChI is InChI=1S/C19H22N2/c1-14-10-17-4-2-3-5-19(17)21(12-14)13-15-6-7-18-16(11-15)8-9-20-18/h2-7,11,14,20H,8-10,12-13H2,1H3. The van der Waals surface area contributed by atoms with Crippen molar-refractivity contribution in [2.75, 3.05) is 23.3 Å². The molecule has 0 amide bonds. The lowest BCUT2D eigenvalue weighted by atomic mass is 9.93. The van der Waals surface area contributed by atoms with Gasteiger partial charge >= 0.3 is 0 Å². The number of para-hydroxylation sites is 1. The van der Waals surface area contributed by atoms with Crippen LogP contribution in [0.1, 0.15) is 23.6 Å². The van der Waals surface area contributed by atoms with Crippen LogP contribution in [0.4, 0.5) is 11.4 Å². The summed E-state index contributed by atoms with van der Waals surface area (Å²) in [5, 5.41) is 3.44. The third-order valence-electron chi connectivity index (χ3n) is 4.69. The summed E-state index contributed by atoms with van der Waals surface area (Å²) < 4.78 is 0. The molecule has 2 nitrogen and oxygen atoms in total. The van der Waals surface area contributed by atoms with Crippen molar-refractivity contribution in [3.63, 3.8) is 0 Å². The molecule has 0 fully saturated rings. The van der Waals surface area contributed by atoms with E-state index in [4.69, 9.17) is 0 Å². The first kappa shape index (κ1) is 12.8. The number of nitrogens with one attached hydrogen (secondary N) is 1. The van der Waals surface area contributed by atoms with E-state index >= 15 is 0 Å². The molecule has 21 heavy (non-hydrogen) atoms. The van der Waals surface area contributed by atoms with Crippen LogP contribution in [0.2, 0.25) is 0 Å². The Kier molecular flexibility index (Phi) is 3.10. The zero-order valence-corrected chi connectivity index (χ0v) is 12.6. The van der Waals surface area contributed by atoms with E-state index in [-0.39, 0.29) is 0 Å². The van der Waals surface area contributed by atoms with Gasteiger partial charge in [0, 0.05) is 31.0 Å². The lowest BCUT2D eigenvalue weighted by molar-refractivity contribution is 0.530. The summed E-state index contributed by atoms with van der Waals surface area (Å²) in [6.07, 6.45) is 2.37. The van der Waals surface area contributed by atoms with Gasteiger partial charge in [0.15, 0.2) is 0 Å². The first-order valence-electron chi connectivity index (χ1n) is 7.98. The van der Waals surface area contributed by atoms with Crippen LogP contribution < -0.4 is 10.2 Å². The quantitative estimate of drug-likeness (QED) is 0.897. The fraction of sp³-hybridized carbons (Fsp3) is 0.368. The minimum Gasteiger partial charge on any atom is -0.384 e. The van der Waals surface area contributed by atoms with Crippen molar-refractivity contribution in [3.05, 3.63) is 59.2 Å². The molecule has 2 aromatic carbocycles. The first-order chi connectivity index (χ1) is 10.3. The zero-order chi connectivity index (χ0) is 14.2. The topological polar surface area (TPSA) is 15.3 Å². The van der Waals surface area contributed by atoms with Crippen molar-refractivity contribution in [2.24, 2.45) is 5.92 Å². The Morgan fingerprint density at radius 3 is 3.00 bits per heavy atom. The van der Waals surface area contributed by atoms with E-state index in [2.05, 4.69) is 59.6 Å². The Balaban J connectivity index is 1.62. The van der Waals surface area contributed by atoms with E-state index in [0.29, 0.717) is 0 Å². The van der Waals surface area contributed by atoms with Crippen LogP contribution in [-0.2, 0) is 19.4 Å². The molecule has 0 bridgehead atoms. The third kappa shape index (κ3) is 2.39. The van der Waals surface area contributed by atoms with Gasteiger partial charge in [-0.3, -0.25) is 0 Å². The normalized spacial score (nSPS) is 19.9. The van der Waals surface area contributed by atoms with Gasteiger partial charge in [-0.1, -0.05) is 37.3 Å². The van der Waals surface area contributed by atoms with Gasteiger partial charge in [-0.05, 0) is 47.6 Å². The van der Waals surface area contributed by atoms with E-state index < -0.39 is 0 Å². The van der Waals surface area contributed by atoms with Gasteiger partial charge in [-0.25, -0.2) is 0 Å². The van der Waals surface area contributed by atoms with E-state index in [9.17, 15) is 0 Å². The average molecular weight is 278 g/mol. The van der Waals surface area contributed by atoms with Gasteiger partial charge in [0.2, 0.25) is 0 Å². The number of rotatable bonds is 2. The molecular formula is C19H22N2. The summed E-state index contributed by atoms with van der Waals surface area (Å²) in [6, 6.07) is 15.8. The molecule has 4 rings (SSSR count). The number of benzene rings is 2. The van der Waals surface area contributed by atoms with Gasteiger partial charge in [-0.2, -0.15) is 0 Å². The number of hydrogen-bond acceptors (Lipinski definition) is 2. The largest absolute Gasteiger partial charge is 0.384 e. The Labute approximate surface area is 126 Å². The van der Waals surface area contributed by atoms with Crippen molar-refractivity contribution in [1.82, 2.24) is 0 Å². The van der Waals surface area contributed by atoms with E-state index in [1.807, 2.05) is 0 Å². The van der Waals surface area contributed by atoms with Crippen LogP contribution in [0.3, 0.4) is 0 Å². The molecule has 0 radical (unpaired) electrons. The van der Waals surface area contributed by atoms with Crippen molar-refractivity contribution < 1.29 is 0 Å². The minimum absolute atomic E-state index is 0.732. The van der Waals surface area contributed by atoms with Crippen LogP contribution in [0.5, 0.6) is 0 Å². The van der Waals surface area contributed by atoms with Crippen molar-refractivity contribution in [2.45, 2.75) is 26.3 Å². The van der Waals surface area contributed by atoms with E-state index in [1.165, 1.54) is 34.5 Å². The maximum absolute atomic E-state index is 3.44. The van der Waals surface area contributed by atoms with E-state index in [1.54, 1.807) is 0 Å². The number of fused-ring (bicyclic) bond motifs is 2. The molecular weight excluding hydrogens is 256 g/mol. The predicted octanol–water partition coefficient (Wildman–Crippen LogP) is 3.85. The second-order valence-corrected chi connectivity index (χ2v) is 6.49. The molecule has 2 heteroatoms. The second kappa shape index (κ2) is 5.10. The highest BCUT2D eigenvalue weighted by atomic mass is 15.1. The molecule has 1 atom stereocenters. The van der Waals surface area contributed by atoms with Crippen LogP contribution in [0.25, 0.3) is 0 Å². The molecule has 2 heterocycles. The van der Waals surface area contributed by atoms with Gasteiger partial charge in [0.05, 0.1) is 0 Å². The fourth-order valence-electron chi connectivity index (χ4n) is 3.73. The van der Waals surface area contributed by atoms with Gasteiger partial charge in [0.25, 0.3) is 0 Å². The summed E-state index contributed by atoms with van der Waals surface area (Å²) in [5.74, 6) is 0.732.